The molecular weight excluding hydrogens is 284 g/mol. The number of rotatable bonds is 3. The minimum atomic E-state index is -3.88. The number of hydrogen-bond acceptors (Lipinski definition) is 5. The van der Waals surface area contributed by atoms with Crippen molar-refractivity contribution in [3.63, 3.8) is 0 Å². The second-order valence-corrected chi connectivity index (χ2v) is 6.98. The Hall–Kier alpha value is -1.45. The third-order valence-electron chi connectivity index (χ3n) is 3.76. The van der Waals surface area contributed by atoms with E-state index in [-0.39, 0.29) is 22.7 Å². The average Bonchev–Trinajstić information content (AvgIpc) is 2.85. The molecular formula is C11H18N4O4S. The van der Waals surface area contributed by atoms with Crippen LogP contribution in [0.5, 0.6) is 0 Å². The van der Waals surface area contributed by atoms with E-state index in [0.29, 0.717) is 13.1 Å². The number of aromatic amines is 1. The largest absolute Gasteiger partial charge is 0.478 e. The highest BCUT2D eigenvalue weighted by atomic mass is 32.2. The van der Waals surface area contributed by atoms with Crippen LogP contribution in [0.25, 0.3) is 0 Å². The van der Waals surface area contributed by atoms with Crippen LogP contribution in [0.3, 0.4) is 0 Å². The summed E-state index contributed by atoms with van der Waals surface area (Å²) in [7, 11) is -1.93. The highest BCUT2D eigenvalue weighted by Crippen LogP contribution is 2.22. The summed E-state index contributed by atoms with van der Waals surface area (Å²) in [5.41, 5.74) is -0.329. The summed E-state index contributed by atoms with van der Waals surface area (Å²) in [4.78, 5) is 13.1. The highest BCUT2D eigenvalue weighted by Gasteiger charge is 2.37. The lowest BCUT2D eigenvalue weighted by Crippen LogP contribution is -2.56. The molecule has 9 heteroatoms. The van der Waals surface area contributed by atoms with Crippen LogP contribution >= 0.6 is 0 Å². The summed E-state index contributed by atoms with van der Waals surface area (Å²) in [5.74, 6) is -1.31. The number of carboxylic acid groups (broad SMARTS) is 1. The maximum absolute atomic E-state index is 12.5. The van der Waals surface area contributed by atoms with Gasteiger partial charge in [-0.2, -0.15) is 9.40 Å². The fourth-order valence-corrected chi connectivity index (χ4v) is 3.97. The van der Waals surface area contributed by atoms with E-state index in [1.54, 1.807) is 0 Å². The third-order valence-corrected chi connectivity index (χ3v) is 5.56. The van der Waals surface area contributed by atoms with Crippen LogP contribution in [0, 0.1) is 0 Å². The first-order chi connectivity index (χ1) is 9.25. The van der Waals surface area contributed by atoms with E-state index in [0.717, 1.165) is 6.20 Å². The van der Waals surface area contributed by atoms with Crippen molar-refractivity contribution < 1.29 is 18.3 Å². The number of carboxylic acids is 1. The van der Waals surface area contributed by atoms with Crippen molar-refractivity contribution >= 4 is 16.0 Å². The van der Waals surface area contributed by atoms with Crippen molar-refractivity contribution in [1.29, 1.82) is 0 Å². The molecule has 2 atom stereocenters. The van der Waals surface area contributed by atoms with Gasteiger partial charge in [-0.15, -0.1) is 0 Å². The first-order valence-electron chi connectivity index (χ1n) is 6.24. The zero-order valence-corrected chi connectivity index (χ0v) is 12.4. The van der Waals surface area contributed by atoms with Crippen molar-refractivity contribution in [2.45, 2.75) is 31.0 Å². The Balaban J connectivity index is 2.36. The molecule has 2 rings (SSSR count). The van der Waals surface area contributed by atoms with Crippen LogP contribution in [0.2, 0.25) is 0 Å². The van der Waals surface area contributed by atoms with Crippen LogP contribution in [-0.2, 0) is 10.0 Å². The Kier molecular flexibility index (Phi) is 3.85. The second kappa shape index (κ2) is 5.15. The van der Waals surface area contributed by atoms with Gasteiger partial charge in [-0.3, -0.25) is 10.00 Å². The van der Waals surface area contributed by atoms with Crippen LogP contribution < -0.4 is 0 Å². The molecule has 0 radical (unpaired) electrons. The number of piperazine rings is 1. The summed E-state index contributed by atoms with van der Waals surface area (Å²) in [5, 5.41) is 14.5. The van der Waals surface area contributed by atoms with E-state index in [2.05, 4.69) is 15.1 Å². The van der Waals surface area contributed by atoms with Crippen LogP contribution in [0.4, 0.5) is 0 Å². The van der Waals surface area contributed by atoms with E-state index >= 15 is 0 Å². The quantitative estimate of drug-likeness (QED) is 0.802. The van der Waals surface area contributed by atoms with Gasteiger partial charge in [0.25, 0.3) is 10.0 Å². The SMILES string of the molecule is CC1CN(S(=O)(=O)c2[nH]ncc2C(=O)O)CC(C)N1C. The van der Waals surface area contributed by atoms with Gasteiger partial charge in [0.1, 0.15) is 5.56 Å². The predicted molar refractivity (Wildman–Crippen MR) is 71.0 cm³/mol. The van der Waals surface area contributed by atoms with Crippen molar-refractivity contribution in [3.8, 4) is 0 Å². The smallest absolute Gasteiger partial charge is 0.340 e. The van der Waals surface area contributed by atoms with Gasteiger partial charge in [-0.1, -0.05) is 0 Å². The van der Waals surface area contributed by atoms with E-state index in [4.69, 9.17) is 5.11 Å². The van der Waals surface area contributed by atoms with E-state index in [1.807, 2.05) is 20.9 Å². The third kappa shape index (κ3) is 2.43. The Labute approximate surface area is 117 Å². The van der Waals surface area contributed by atoms with Crippen molar-refractivity contribution in [2.24, 2.45) is 0 Å². The number of aromatic carboxylic acids is 1. The molecule has 1 aliphatic heterocycles. The fraction of sp³-hybridized carbons (Fsp3) is 0.636. The van der Waals surface area contributed by atoms with E-state index in [9.17, 15) is 13.2 Å². The molecule has 1 aromatic rings. The molecule has 0 aliphatic carbocycles. The lowest BCUT2D eigenvalue weighted by atomic mass is 10.1. The second-order valence-electron chi connectivity index (χ2n) is 5.10. The Morgan fingerprint density at radius 2 is 1.95 bits per heavy atom. The topological polar surface area (TPSA) is 107 Å². The minimum absolute atomic E-state index is 0.0599. The van der Waals surface area contributed by atoms with Crippen LogP contribution in [-0.4, -0.2) is 71.1 Å². The number of nitrogens with one attached hydrogen (secondary N) is 1. The molecule has 1 aromatic heterocycles. The minimum Gasteiger partial charge on any atom is -0.478 e. The molecule has 2 heterocycles. The number of hydrogen-bond donors (Lipinski definition) is 2. The molecule has 0 amide bonds. The maximum Gasteiger partial charge on any atom is 0.340 e. The first kappa shape index (κ1) is 14.9. The molecule has 8 nitrogen and oxygen atoms in total. The highest BCUT2D eigenvalue weighted by molar-refractivity contribution is 7.89. The van der Waals surface area contributed by atoms with E-state index in [1.165, 1.54) is 4.31 Å². The molecule has 0 aromatic carbocycles. The Morgan fingerprint density at radius 3 is 2.45 bits per heavy atom. The zero-order valence-electron chi connectivity index (χ0n) is 11.6. The van der Waals surface area contributed by atoms with Gasteiger partial charge in [0.05, 0.1) is 6.20 Å². The number of carbonyl (C=O) groups is 1. The lowest BCUT2D eigenvalue weighted by molar-refractivity contribution is 0.0692. The van der Waals surface area contributed by atoms with Crippen LogP contribution in [0.1, 0.15) is 24.2 Å². The lowest BCUT2D eigenvalue weighted by Gasteiger charge is -2.41. The monoisotopic (exact) mass is 302 g/mol. The Bertz CT molecular complexity index is 600. The standard InChI is InChI=1S/C11H18N4O4S/c1-7-5-15(6-8(2)14(7)3)20(18,19)10-9(11(16)17)4-12-13-10/h4,7-8H,5-6H2,1-3H3,(H,12,13)(H,16,17). The number of aromatic nitrogens is 2. The molecule has 112 valence electrons. The van der Waals surface area contributed by atoms with Crippen molar-refractivity contribution in [3.05, 3.63) is 11.8 Å². The fourth-order valence-electron chi connectivity index (χ4n) is 2.30. The number of nitrogens with zero attached hydrogens (tertiary/aromatic N) is 3. The van der Waals surface area contributed by atoms with Gasteiger partial charge in [-0.05, 0) is 20.9 Å². The summed E-state index contributed by atoms with van der Waals surface area (Å²) in [6.07, 6.45) is 1.01. The summed E-state index contributed by atoms with van der Waals surface area (Å²) >= 11 is 0. The van der Waals surface area contributed by atoms with Gasteiger partial charge in [0.15, 0.2) is 5.03 Å². The Morgan fingerprint density at radius 1 is 1.40 bits per heavy atom. The number of sulfonamides is 1. The van der Waals surface area contributed by atoms with Gasteiger partial charge >= 0.3 is 5.97 Å². The summed E-state index contributed by atoms with van der Waals surface area (Å²) < 4.78 is 26.4. The molecule has 0 spiro atoms. The maximum atomic E-state index is 12.5. The van der Waals surface area contributed by atoms with Crippen molar-refractivity contribution in [2.75, 3.05) is 20.1 Å². The molecule has 0 saturated carbocycles. The molecule has 0 bridgehead atoms. The molecule has 20 heavy (non-hydrogen) atoms. The number of likely N-dealkylation sites (N-methyl/N-ethyl adjacent to an activating group) is 1. The number of H-pyrrole nitrogens is 1. The van der Waals surface area contributed by atoms with Gasteiger partial charge in [0, 0.05) is 25.2 Å². The summed E-state index contributed by atoms with van der Waals surface area (Å²) in [6, 6.07) is 0.120. The molecule has 1 saturated heterocycles. The molecule has 1 fully saturated rings. The van der Waals surface area contributed by atoms with Crippen LogP contribution in [0.15, 0.2) is 11.2 Å². The summed E-state index contributed by atoms with van der Waals surface area (Å²) in [6.45, 7) is 4.51. The van der Waals surface area contributed by atoms with Gasteiger partial charge < -0.3 is 5.11 Å². The van der Waals surface area contributed by atoms with Gasteiger partial charge in [0.2, 0.25) is 0 Å². The van der Waals surface area contributed by atoms with E-state index < -0.39 is 16.0 Å². The molecule has 2 N–H and O–H groups in total. The average molecular weight is 302 g/mol. The first-order valence-corrected chi connectivity index (χ1v) is 7.68. The zero-order chi connectivity index (χ0) is 15.1. The normalized spacial score (nSPS) is 25.8. The predicted octanol–water partition coefficient (Wildman–Crippen LogP) is -0.179. The molecule has 2 unspecified atom stereocenters. The van der Waals surface area contributed by atoms with Gasteiger partial charge in [-0.25, -0.2) is 13.2 Å². The van der Waals surface area contributed by atoms with Crippen molar-refractivity contribution in [1.82, 2.24) is 19.4 Å². The molecule has 1 aliphatic rings.